The van der Waals surface area contributed by atoms with Gasteiger partial charge in [-0.1, -0.05) is 11.6 Å². The van der Waals surface area contributed by atoms with Gasteiger partial charge in [0.2, 0.25) is 0 Å². The maximum absolute atomic E-state index is 12.1. The van der Waals surface area contributed by atoms with Gasteiger partial charge in [-0.15, -0.1) is 0 Å². The van der Waals surface area contributed by atoms with Crippen molar-refractivity contribution < 1.29 is 0 Å². The van der Waals surface area contributed by atoms with Gasteiger partial charge in [0.25, 0.3) is 5.56 Å². The average Bonchev–Trinajstić information content (AvgIpc) is 2.61. The van der Waals surface area contributed by atoms with Crippen LogP contribution in [0.1, 0.15) is 5.69 Å². The van der Waals surface area contributed by atoms with Crippen molar-refractivity contribution in [3.63, 3.8) is 0 Å². The topological polar surface area (TPSA) is 50.2 Å². The Morgan fingerprint density at radius 2 is 2.19 bits per heavy atom. The summed E-state index contributed by atoms with van der Waals surface area (Å²) >= 11 is 5.86. The Morgan fingerprint density at radius 1 is 1.38 bits per heavy atom. The van der Waals surface area contributed by atoms with E-state index in [1.165, 1.54) is 4.52 Å². The van der Waals surface area contributed by atoms with Gasteiger partial charge in [0.05, 0.1) is 16.6 Å². The third-order valence-electron chi connectivity index (χ3n) is 2.50. The molecule has 0 fully saturated rings. The third-order valence-corrected chi connectivity index (χ3v) is 2.73. The van der Waals surface area contributed by atoms with Gasteiger partial charge < -0.3 is 4.98 Å². The van der Waals surface area contributed by atoms with E-state index in [1.807, 2.05) is 13.0 Å². The van der Waals surface area contributed by atoms with Crippen LogP contribution in [-0.2, 0) is 0 Å². The Bertz CT molecular complexity index is 757. The van der Waals surface area contributed by atoms with Gasteiger partial charge in [-0.05, 0) is 25.1 Å². The van der Waals surface area contributed by atoms with Crippen LogP contribution >= 0.6 is 11.6 Å². The molecule has 3 rings (SSSR count). The van der Waals surface area contributed by atoms with E-state index in [2.05, 4.69) is 10.1 Å². The first-order valence-corrected chi connectivity index (χ1v) is 5.21. The number of hydrogen-bond donors (Lipinski definition) is 1. The van der Waals surface area contributed by atoms with Crippen molar-refractivity contribution in [1.29, 1.82) is 0 Å². The molecule has 0 spiro atoms. The minimum atomic E-state index is -0.153. The number of H-pyrrole nitrogens is 1. The zero-order valence-electron chi connectivity index (χ0n) is 8.49. The fraction of sp³-hybridized carbons (Fsp3) is 0.0909. The van der Waals surface area contributed by atoms with Gasteiger partial charge in [0.1, 0.15) is 5.65 Å². The lowest BCUT2D eigenvalue weighted by Gasteiger charge is -1.99. The van der Waals surface area contributed by atoms with Crippen molar-refractivity contribution in [1.82, 2.24) is 14.6 Å². The van der Waals surface area contributed by atoms with Gasteiger partial charge >= 0.3 is 0 Å². The monoisotopic (exact) mass is 233 g/mol. The quantitative estimate of drug-likeness (QED) is 0.647. The molecule has 2 heterocycles. The predicted octanol–water partition coefficient (Wildman–Crippen LogP) is 2.14. The van der Waals surface area contributed by atoms with Crippen molar-refractivity contribution >= 4 is 28.2 Å². The lowest BCUT2D eigenvalue weighted by atomic mass is 10.2. The van der Waals surface area contributed by atoms with E-state index in [1.54, 1.807) is 18.2 Å². The van der Waals surface area contributed by atoms with Gasteiger partial charge in [-0.25, -0.2) is 0 Å². The van der Waals surface area contributed by atoms with E-state index in [0.717, 1.165) is 11.2 Å². The minimum Gasteiger partial charge on any atom is -0.339 e. The molecule has 0 radical (unpaired) electrons. The second-order valence-electron chi connectivity index (χ2n) is 3.70. The minimum absolute atomic E-state index is 0.153. The lowest BCUT2D eigenvalue weighted by molar-refractivity contribution is 0.895. The molecule has 3 aromatic rings. The molecular weight excluding hydrogens is 226 g/mol. The summed E-state index contributed by atoms with van der Waals surface area (Å²) in [4.78, 5) is 15.2. The first-order chi connectivity index (χ1) is 7.65. The summed E-state index contributed by atoms with van der Waals surface area (Å²) in [5, 5.41) is 5.21. The number of fused-ring (bicyclic) bond motifs is 2. The van der Waals surface area contributed by atoms with Gasteiger partial charge in [-0.2, -0.15) is 9.61 Å². The molecule has 0 aliphatic rings. The number of aryl methyl sites for hydroxylation is 1. The van der Waals surface area contributed by atoms with Crippen molar-refractivity contribution in [3.8, 4) is 0 Å². The number of halogens is 1. The van der Waals surface area contributed by atoms with E-state index in [0.29, 0.717) is 16.1 Å². The Balaban J connectivity index is 2.60. The fourth-order valence-electron chi connectivity index (χ4n) is 1.80. The average molecular weight is 234 g/mol. The molecule has 2 aromatic heterocycles. The Labute approximate surface area is 95.5 Å². The number of rotatable bonds is 0. The molecule has 0 saturated heterocycles. The molecule has 0 aliphatic heterocycles. The molecule has 0 amide bonds. The number of aromatic amines is 1. The lowest BCUT2D eigenvalue weighted by Crippen LogP contribution is -2.15. The van der Waals surface area contributed by atoms with Crippen LogP contribution in [0.5, 0.6) is 0 Å². The summed E-state index contributed by atoms with van der Waals surface area (Å²) in [5.41, 5.74) is 2.10. The van der Waals surface area contributed by atoms with Gasteiger partial charge in [-0.3, -0.25) is 4.79 Å². The van der Waals surface area contributed by atoms with Crippen LogP contribution in [0.2, 0.25) is 5.02 Å². The molecule has 1 N–H and O–H groups in total. The Morgan fingerprint density at radius 3 is 3.00 bits per heavy atom. The van der Waals surface area contributed by atoms with Crippen LogP contribution in [0.15, 0.2) is 29.1 Å². The highest BCUT2D eigenvalue weighted by Gasteiger charge is 2.07. The molecule has 1 aromatic carbocycles. The van der Waals surface area contributed by atoms with Crippen LogP contribution < -0.4 is 5.56 Å². The maximum atomic E-state index is 12.1. The number of nitrogens with zero attached hydrogens (tertiary/aromatic N) is 2. The molecule has 0 bridgehead atoms. The smallest absolute Gasteiger partial charge is 0.282 e. The summed E-state index contributed by atoms with van der Waals surface area (Å²) in [6.07, 6.45) is 0. The Kier molecular flexibility index (Phi) is 1.82. The molecule has 0 saturated carbocycles. The SMILES string of the molecule is Cc1cc2[nH]c3ccc(Cl)cc3c(=O)n2n1. The largest absolute Gasteiger partial charge is 0.339 e. The van der Waals surface area contributed by atoms with Gasteiger partial charge in [0.15, 0.2) is 0 Å². The highest BCUT2D eigenvalue weighted by atomic mass is 35.5. The highest BCUT2D eigenvalue weighted by molar-refractivity contribution is 6.31. The van der Waals surface area contributed by atoms with E-state index >= 15 is 0 Å². The third kappa shape index (κ3) is 1.23. The molecule has 16 heavy (non-hydrogen) atoms. The molecule has 0 atom stereocenters. The molecular formula is C11H8ClN3O. The second kappa shape index (κ2) is 3.09. The molecule has 0 unspecified atom stereocenters. The number of hydrogen-bond acceptors (Lipinski definition) is 2. The molecule has 0 aliphatic carbocycles. The van der Waals surface area contributed by atoms with Crippen LogP contribution in [0.25, 0.3) is 16.6 Å². The molecule has 4 nitrogen and oxygen atoms in total. The zero-order valence-corrected chi connectivity index (χ0v) is 9.25. The maximum Gasteiger partial charge on any atom is 0.282 e. The summed E-state index contributed by atoms with van der Waals surface area (Å²) in [7, 11) is 0. The highest BCUT2D eigenvalue weighted by Crippen LogP contribution is 2.15. The fourth-order valence-corrected chi connectivity index (χ4v) is 1.97. The van der Waals surface area contributed by atoms with Crippen molar-refractivity contribution in [2.45, 2.75) is 6.92 Å². The zero-order chi connectivity index (χ0) is 11.3. The number of benzene rings is 1. The van der Waals surface area contributed by atoms with E-state index in [4.69, 9.17) is 11.6 Å². The van der Waals surface area contributed by atoms with E-state index in [9.17, 15) is 4.79 Å². The van der Waals surface area contributed by atoms with Crippen LogP contribution in [0.4, 0.5) is 0 Å². The molecule has 5 heteroatoms. The number of aromatic nitrogens is 3. The van der Waals surface area contributed by atoms with Crippen LogP contribution in [0.3, 0.4) is 0 Å². The number of nitrogens with one attached hydrogen (secondary N) is 1. The van der Waals surface area contributed by atoms with Crippen molar-refractivity contribution in [2.24, 2.45) is 0 Å². The summed E-state index contributed by atoms with van der Waals surface area (Å²) in [6, 6.07) is 7.02. The van der Waals surface area contributed by atoms with E-state index in [-0.39, 0.29) is 5.56 Å². The first kappa shape index (κ1) is 9.42. The first-order valence-electron chi connectivity index (χ1n) is 4.83. The van der Waals surface area contributed by atoms with E-state index < -0.39 is 0 Å². The Hall–Kier alpha value is -1.81. The standard InChI is InChI=1S/C11H8ClN3O/c1-6-4-10-13-9-3-2-7(12)5-8(9)11(16)15(10)14-6/h2-5,13H,1H3. The predicted molar refractivity (Wildman–Crippen MR) is 63.1 cm³/mol. The normalized spacial score (nSPS) is 11.4. The second-order valence-corrected chi connectivity index (χ2v) is 4.14. The van der Waals surface area contributed by atoms with Crippen LogP contribution in [0, 0.1) is 6.92 Å². The van der Waals surface area contributed by atoms with Gasteiger partial charge in [0, 0.05) is 11.1 Å². The summed E-state index contributed by atoms with van der Waals surface area (Å²) in [6.45, 7) is 1.85. The summed E-state index contributed by atoms with van der Waals surface area (Å²) in [5.74, 6) is 0. The van der Waals surface area contributed by atoms with Crippen LogP contribution in [-0.4, -0.2) is 14.6 Å². The van der Waals surface area contributed by atoms with Crippen molar-refractivity contribution in [3.05, 3.63) is 45.3 Å². The van der Waals surface area contributed by atoms with Crippen molar-refractivity contribution in [2.75, 3.05) is 0 Å². The summed E-state index contributed by atoms with van der Waals surface area (Å²) < 4.78 is 1.36. The molecule has 80 valence electrons.